The summed E-state index contributed by atoms with van der Waals surface area (Å²) in [6.07, 6.45) is 0.944. The van der Waals surface area contributed by atoms with Crippen LogP contribution in [0.15, 0.2) is 48.5 Å². The van der Waals surface area contributed by atoms with Crippen molar-refractivity contribution in [1.29, 1.82) is 0 Å². The fourth-order valence-electron chi connectivity index (χ4n) is 3.35. The molecule has 0 aromatic heterocycles. The van der Waals surface area contributed by atoms with Gasteiger partial charge in [-0.1, -0.05) is 44.2 Å². The molecule has 0 aliphatic carbocycles. The summed E-state index contributed by atoms with van der Waals surface area (Å²) in [7, 11) is 0. The summed E-state index contributed by atoms with van der Waals surface area (Å²) < 4.78 is 5.04. The number of ether oxygens (including phenoxy) is 1. The second kappa shape index (κ2) is 9.69. The average Bonchev–Trinajstić information content (AvgIpc) is 2.63. The average molecular weight is 399 g/mol. The highest BCUT2D eigenvalue weighted by atomic mass is 32.1. The van der Waals surface area contributed by atoms with Gasteiger partial charge in [0.05, 0.1) is 12.2 Å². The molecule has 0 heterocycles. The molecule has 2 rings (SSSR count). The van der Waals surface area contributed by atoms with Gasteiger partial charge >= 0.3 is 5.97 Å². The van der Waals surface area contributed by atoms with E-state index in [1.54, 1.807) is 13.0 Å². The minimum Gasteiger partial charge on any atom is -0.462 e. The second-order valence-corrected chi connectivity index (χ2v) is 8.11. The summed E-state index contributed by atoms with van der Waals surface area (Å²) >= 11 is 5.49. The molecular weight excluding hydrogens is 368 g/mol. The van der Waals surface area contributed by atoms with Crippen LogP contribution in [-0.4, -0.2) is 23.7 Å². The quantitative estimate of drug-likeness (QED) is 0.495. The van der Waals surface area contributed by atoms with E-state index in [-0.39, 0.29) is 17.4 Å². The molecule has 0 saturated carbocycles. The maximum Gasteiger partial charge on any atom is 0.338 e. The molecule has 0 spiro atoms. The third-order valence-electron chi connectivity index (χ3n) is 4.73. The van der Waals surface area contributed by atoms with Gasteiger partial charge in [-0.05, 0) is 74.2 Å². The Morgan fingerprint density at radius 1 is 1.18 bits per heavy atom. The summed E-state index contributed by atoms with van der Waals surface area (Å²) in [5, 5.41) is 7.17. The summed E-state index contributed by atoms with van der Waals surface area (Å²) in [6, 6.07) is 16.1. The Morgan fingerprint density at radius 3 is 2.46 bits per heavy atom. The van der Waals surface area contributed by atoms with Crippen molar-refractivity contribution in [1.82, 2.24) is 5.32 Å². The first-order valence-corrected chi connectivity index (χ1v) is 10.0. The van der Waals surface area contributed by atoms with Crippen LogP contribution >= 0.6 is 12.2 Å². The van der Waals surface area contributed by atoms with Gasteiger partial charge in [-0.2, -0.15) is 0 Å². The van der Waals surface area contributed by atoms with Crippen LogP contribution in [0.4, 0.5) is 5.69 Å². The van der Waals surface area contributed by atoms with Crippen LogP contribution in [-0.2, 0) is 10.2 Å². The predicted molar refractivity (Wildman–Crippen MR) is 120 cm³/mol. The van der Waals surface area contributed by atoms with Gasteiger partial charge in [0.1, 0.15) is 0 Å². The summed E-state index contributed by atoms with van der Waals surface area (Å²) in [5.41, 5.74) is 3.71. The monoisotopic (exact) mass is 398 g/mol. The van der Waals surface area contributed by atoms with E-state index in [2.05, 4.69) is 55.7 Å². The number of aryl methyl sites for hydroxylation is 1. The van der Waals surface area contributed by atoms with Crippen molar-refractivity contribution < 1.29 is 9.53 Å². The first kappa shape index (κ1) is 21.9. The maximum atomic E-state index is 11.8. The molecule has 0 amide bonds. The molecule has 2 aromatic rings. The number of carbonyl (C=O) groups excluding carboxylic acids is 1. The summed E-state index contributed by atoms with van der Waals surface area (Å²) in [5.74, 6) is -0.311. The topological polar surface area (TPSA) is 50.4 Å². The Labute approximate surface area is 173 Å². The van der Waals surface area contributed by atoms with Gasteiger partial charge in [0.15, 0.2) is 5.11 Å². The van der Waals surface area contributed by atoms with Crippen LogP contribution in [0.5, 0.6) is 0 Å². The summed E-state index contributed by atoms with van der Waals surface area (Å²) in [6.45, 7) is 10.7. The van der Waals surface area contributed by atoms with Gasteiger partial charge < -0.3 is 15.4 Å². The zero-order chi connectivity index (χ0) is 20.7. The van der Waals surface area contributed by atoms with Crippen molar-refractivity contribution >= 4 is 29.0 Å². The van der Waals surface area contributed by atoms with E-state index in [1.165, 1.54) is 5.56 Å². The fourth-order valence-corrected chi connectivity index (χ4v) is 3.66. The normalized spacial score (nSPS) is 12.2. The Bertz CT molecular complexity index is 819. The molecular formula is C23H30N2O2S. The van der Waals surface area contributed by atoms with Crippen LogP contribution in [0.3, 0.4) is 0 Å². The molecule has 0 bridgehead atoms. The largest absolute Gasteiger partial charge is 0.462 e. The first-order valence-electron chi connectivity index (χ1n) is 9.63. The molecule has 28 heavy (non-hydrogen) atoms. The SMILES string of the molecule is CCOC(=O)c1ccc(NC(=S)N[C@@H](C)CC(C)(C)c2ccccc2)c(C)c1. The van der Waals surface area contributed by atoms with Gasteiger partial charge in [-0.25, -0.2) is 4.79 Å². The number of carbonyl (C=O) groups is 1. The molecule has 4 nitrogen and oxygen atoms in total. The zero-order valence-electron chi connectivity index (χ0n) is 17.3. The van der Waals surface area contributed by atoms with Gasteiger partial charge in [-0.15, -0.1) is 0 Å². The lowest BCUT2D eigenvalue weighted by Gasteiger charge is -2.30. The van der Waals surface area contributed by atoms with Crippen LogP contribution in [0, 0.1) is 6.92 Å². The first-order chi connectivity index (χ1) is 13.2. The Hall–Kier alpha value is -2.40. The Balaban J connectivity index is 1.95. The number of benzene rings is 2. The molecule has 0 fully saturated rings. The van der Waals surface area contributed by atoms with Crippen molar-refractivity contribution in [3.8, 4) is 0 Å². The summed E-state index contributed by atoms with van der Waals surface area (Å²) in [4.78, 5) is 11.8. The highest BCUT2D eigenvalue weighted by Crippen LogP contribution is 2.28. The predicted octanol–water partition coefficient (Wildman–Crippen LogP) is 5.21. The van der Waals surface area contributed by atoms with Crippen molar-refractivity contribution in [2.45, 2.75) is 52.5 Å². The van der Waals surface area contributed by atoms with E-state index in [4.69, 9.17) is 17.0 Å². The number of anilines is 1. The lowest BCUT2D eigenvalue weighted by molar-refractivity contribution is 0.0526. The maximum absolute atomic E-state index is 11.8. The molecule has 5 heteroatoms. The molecule has 0 aliphatic heterocycles. The number of hydrogen-bond donors (Lipinski definition) is 2. The molecule has 2 aromatic carbocycles. The van der Waals surface area contributed by atoms with Crippen molar-refractivity contribution in [3.05, 3.63) is 65.2 Å². The smallest absolute Gasteiger partial charge is 0.338 e. The van der Waals surface area contributed by atoms with Crippen molar-refractivity contribution in [2.75, 3.05) is 11.9 Å². The molecule has 0 saturated heterocycles. The standard InChI is InChI=1S/C23H30N2O2S/c1-6-27-21(26)18-12-13-20(16(2)14-18)25-22(28)24-17(3)15-23(4,5)19-10-8-7-9-11-19/h7-14,17H,6,15H2,1-5H3,(H2,24,25,28)/t17-/m0/s1. The fraction of sp³-hybridized carbons (Fsp3) is 0.391. The minimum atomic E-state index is -0.311. The zero-order valence-corrected chi connectivity index (χ0v) is 18.2. The van der Waals surface area contributed by atoms with Crippen LogP contribution in [0.1, 0.15) is 55.6 Å². The van der Waals surface area contributed by atoms with Gasteiger partial charge in [0, 0.05) is 11.7 Å². The van der Waals surface area contributed by atoms with E-state index in [1.807, 2.05) is 25.1 Å². The highest BCUT2D eigenvalue weighted by Gasteiger charge is 2.23. The highest BCUT2D eigenvalue weighted by molar-refractivity contribution is 7.80. The lowest BCUT2D eigenvalue weighted by atomic mass is 9.79. The molecule has 0 aliphatic rings. The number of esters is 1. The Kier molecular flexibility index (Phi) is 7.58. The van der Waals surface area contributed by atoms with E-state index in [0.717, 1.165) is 17.7 Å². The Morgan fingerprint density at radius 2 is 1.86 bits per heavy atom. The second-order valence-electron chi connectivity index (χ2n) is 7.70. The number of nitrogens with one attached hydrogen (secondary N) is 2. The van der Waals surface area contributed by atoms with Crippen LogP contribution < -0.4 is 10.6 Å². The molecule has 0 radical (unpaired) electrons. The molecule has 1 atom stereocenters. The van der Waals surface area contributed by atoms with E-state index in [0.29, 0.717) is 17.3 Å². The molecule has 2 N–H and O–H groups in total. The third-order valence-corrected chi connectivity index (χ3v) is 4.95. The molecule has 150 valence electrons. The number of hydrogen-bond acceptors (Lipinski definition) is 3. The van der Waals surface area contributed by atoms with Gasteiger partial charge in [0.25, 0.3) is 0 Å². The number of thiocarbonyl (C=S) groups is 1. The van der Waals surface area contributed by atoms with Gasteiger partial charge in [0.2, 0.25) is 0 Å². The van der Waals surface area contributed by atoms with Crippen molar-refractivity contribution in [2.24, 2.45) is 0 Å². The van der Waals surface area contributed by atoms with E-state index in [9.17, 15) is 4.79 Å². The van der Waals surface area contributed by atoms with Crippen LogP contribution in [0.25, 0.3) is 0 Å². The molecule has 0 unspecified atom stereocenters. The van der Waals surface area contributed by atoms with Crippen LogP contribution in [0.2, 0.25) is 0 Å². The van der Waals surface area contributed by atoms with Crippen molar-refractivity contribution in [3.63, 3.8) is 0 Å². The minimum absolute atomic E-state index is 0.0422. The van der Waals surface area contributed by atoms with E-state index < -0.39 is 0 Å². The van der Waals surface area contributed by atoms with E-state index >= 15 is 0 Å². The van der Waals surface area contributed by atoms with Gasteiger partial charge in [-0.3, -0.25) is 0 Å². The third kappa shape index (κ3) is 6.06. The number of rotatable bonds is 7. The lowest BCUT2D eigenvalue weighted by Crippen LogP contribution is -2.39.